The van der Waals surface area contributed by atoms with Crippen LogP contribution < -0.4 is 14.4 Å². The van der Waals surface area contributed by atoms with Gasteiger partial charge in [0, 0.05) is 49.3 Å². The van der Waals surface area contributed by atoms with Crippen molar-refractivity contribution in [1.82, 2.24) is 30.0 Å². The van der Waals surface area contributed by atoms with E-state index in [2.05, 4.69) is 20.2 Å². The summed E-state index contributed by atoms with van der Waals surface area (Å²) in [5.74, 6) is -0.431. The highest BCUT2D eigenvalue weighted by molar-refractivity contribution is 5.97. The van der Waals surface area contributed by atoms with Crippen LogP contribution in [0.5, 0.6) is 17.4 Å². The number of hydrogen-bond donors (Lipinski definition) is 0. The number of halogens is 3. The molecule has 0 N–H and O–H groups in total. The van der Waals surface area contributed by atoms with Gasteiger partial charge in [-0.25, -0.2) is 22.9 Å². The number of anilines is 1. The quantitative estimate of drug-likeness (QED) is 0.280. The third-order valence-corrected chi connectivity index (χ3v) is 8.86. The van der Waals surface area contributed by atoms with Crippen molar-refractivity contribution in [2.75, 3.05) is 31.1 Å². The molecule has 262 valence electrons. The van der Waals surface area contributed by atoms with Crippen molar-refractivity contribution in [3.05, 3.63) is 59.4 Å². The normalized spacial score (nSPS) is 17.0. The van der Waals surface area contributed by atoms with Gasteiger partial charge in [-0.3, -0.25) is 9.78 Å². The van der Waals surface area contributed by atoms with Crippen LogP contribution in [0, 0.1) is 11.2 Å². The fourth-order valence-corrected chi connectivity index (χ4v) is 6.58. The molecular formula is C34H40F3N7O5. The number of carbonyl (C=O) groups excluding carboxylic acids is 2. The first-order valence-corrected chi connectivity index (χ1v) is 16.3. The maximum atomic E-state index is 14.3. The minimum Gasteiger partial charge on any atom is -0.490 e. The van der Waals surface area contributed by atoms with Gasteiger partial charge in [0.1, 0.15) is 35.3 Å². The van der Waals surface area contributed by atoms with Crippen molar-refractivity contribution >= 4 is 17.8 Å². The first kappa shape index (κ1) is 34.2. The van der Waals surface area contributed by atoms with Crippen LogP contribution in [-0.2, 0) is 17.7 Å². The number of carbonyl (C=O) groups is 2. The van der Waals surface area contributed by atoms with Crippen molar-refractivity contribution in [3.8, 4) is 17.4 Å². The highest BCUT2D eigenvalue weighted by atomic mass is 19.3. The number of nitrogens with zero attached hydrogens (tertiary/aromatic N) is 7. The van der Waals surface area contributed by atoms with Gasteiger partial charge in [0.05, 0.1) is 24.3 Å². The predicted octanol–water partition coefficient (Wildman–Crippen LogP) is 5.65. The molecule has 4 heterocycles. The second kappa shape index (κ2) is 13.3. The van der Waals surface area contributed by atoms with E-state index in [0.717, 1.165) is 46.9 Å². The molecule has 1 saturated carbocycles. The van der Waals surface area contributed by atoms with E-state index in [1.165, 1.54) is 12.4 Å². The number of rotatable bonds is 9. The number of amides is 2. The Bertz CT molecular complexity index is 1710. The summed E-state index contributed by atoms with van der Waals surface area (Å²) in [6.45, 7) is 10.1. The molecule has 2 aliphatic heterocycles. The van der Waals surface area contributed by atoms with E-state index in [4.69, 9.17) is 14.2 Å². The molecule has 2 amide bonds. The summed E-state index contributed by atoms with van der Waals surface area (Å²) in [5, 5.41) is 7.92. The lowest BCUT2D eigenvalue weighted by Gasteiger charge is -2.58. The molecular weight excluding hydrogens is 643 g/mol. The molecule has 1 saturated heterocycles. The van der Waals surface area contributed by atoms with Crippen LogP contribution in [0.15, 0.2) is 36.8 Å². The number of hydrogen-bond acceptors (Lipinski definition) is 10. The number of pyridine rings is 1. The van der Waals surface area contributed by atoms with Crippen molar-refractivity contribution in [2.45, 2.75) is 84.6 Å². The lowest BCUT2D eigenvalue weighted by atomic mass is 9.61. The summed E-state index contributed by atoms with van der Waals surface area (Å²) in [7, 11) is 0. The molecule has 1 aromatic carbocycles. The van der Waals surface area contributed by atoms with Crippen LogP contribution in [-0.4, -0.2) is 92.3 Å². The smallest absolute Gasteiger partial charge is 0.410 e. The monoisotopic (exact) mass is 683 g/mol. The van der Waals surface area contributed by atoms with E-state index in [-0.39, 0.29) is 34.8 Å². The minimum absolute atomic E-state index is 0.00737. The molecule has 1 spiro atoms. The van der Waals surface area contributed by atoms with Gasteiger partial charge in [0.25, 0.3) is 18.2 Å². The summed E-state index contributed by atoms with van der Waals surface area (Å²) >= 11 is 0. The maximum absolute atomic E-state index is 14.3. The van der Waals surface area contributed by atoms with E-state index >= 15 is 0 Å². The molecule has 49 heavy (non-hydrogen) atoms. The van der Waals surface area contributed by atoms with Gasteiger partial charge in [0.2, 0.25) is 0 Å². The second-order valence-electron chi connectivity index (χ2n) is 14.2. The third-order valence-electron chi connectivity index (χ3n) is 8.86. The number of ether oxygens (including phenoxy) is 3. The van der Waals surface area contributed by atoms with Gasteiger partial charge in [-0.05, 0) is 71.7 Å². The standard InChI is InChI=1S/C34H40F3N7O5/c1-20(2)44(16-28(36)37)31(45)23-12-21(35)6-7-26(23)48-30-29(39-19-40-41-30)43-17-34(18-43)13-22(14-34)47-27-8-10-38-25-9-11-42(15-24(25)27)32(46)49-33(3,4)5/h6-8,10,12,19-20,22,28H,9,11,13-18H2,1-5H3. The van der Waals surface area contributed by atoms with Gasteiger partial charge in [-0.2, -0.15) is 0 Å². The van der Waals surface area contributed by atoms with E-state index < -0.39 is 36.3 Å². The lowest BCUT2D eigenvalue weighted by molar-refractivity contribution is -0.0353. The summed E-state index contributed by atoms with van der Waals surface area (Å²) in [6.07, 6.45) is 2.10. The van der Waals surface area contributed by atoms with Gasteiger partial charge >= 0.3 is 6.09 Å². The fraction of sp³-hybridized carbons (Fsp3) is 0.529. The van der Waals surface area contributed by atoms with Crippen LogP contribution in [0.2, 0.25) is 0 Å². The van der Waals surface area contributed by atoms with Crippen molar-refractivity contribution in [2.24, 2.45) is 5.41 Å². The van der Waals surface area contributed by atoms with Crippen molar-refractivity contribution in [3.63, 3.8) is 0 Å². The third kappa shape index (κ3) is 7.49. The van der Waals surface area contributed by atoms with Crippen LogP contribution in [0.1, 0.15) is 69.1 Å². The van der Waals surface area contributed by atoms with Crippen molar-refractivity contribution in [1.29, 1.82) is 0 Å². The molecule has 3 aliphatic rings. The van der Waals surface area contributed by atoms with E-state index in [1.807, 2.05) is 31.7 Å². The summed E-state index contributed by atoms with van der Waals surface area (Å²) in [4.78, 5) is 39.5. The lowest BCUT2D eigenvalue weighted by Crippen LogP contribution is -2.65. The van der Waals surface area contributed by atoms with Gasteiger partial charge in [-0.1, -0.05) is 0 Å². The number of benzene rings is 1. The highest BCUT2D eigenvalue weighted by Crippen LogP contribution is 2.52. The zero-order valence-corrected chi connectivity index (χ0v) is 28.2. The Labute approximate surface area is 282 Å². The Hall–Kier alpha value is -4.69. The summed E-state index contributed by atoms with van der Waals surface area (Å²) in [6, 6.07) is 4.62. The molecule has 6 rings (SSSR count). The van der Waals surface area contributed by atoms with Crippen LogP contribution in [0.25, 0.3) is 0 Å². The maximum Gasteiger partial charge on any atom is 0.410 e. The number of alkyl halides is 2. The van der Waals surface area contributed by atoms with Crippen molar-refractivity contribution < 1.29 is 37.0 Å². The average Bonchev–Trinajstić information content (AvgIpc) is 3.00. The molecule has 12 nitrogen and oxygen atoms in total. The van der Waals surface area contributed by atoms with Crippen LogP contribution >= 0.6 is 0 Å². The zero-order valence-electron chi connectivity index (χ0n) is 28.2. The second-order valence-corrected chi connectivity index (χ2v) is 14.2. The predicted molar refractivity (Wildman–Crippen MR) is 171 cm³/mol. The number of fused-ring (bicyclic) bond motifs is 1. The SMILES string of the molecule is CC(C)N(CC(F)F)C(=O)c1cc(F)ccc1Oc1nncnc1N1CC2(CC(Oc3ccnc4c3CN(C(=O)OC(C)(C)C)CC4)C2)C1. The highest BCUT2D eigenvalue weighted by Gasteiger charge is 2.54. The summed E-state index contributed by atoms with van der Waals surface area (Å²) < 4.78 is 58.8. The molecule has 0 radical (unpaired) electrons. The fourth-order valence-electron chi connectivity index (χ4n) is 6.58. The van der Waals surface area contributed by atoms with Gasteiger partial charge < -0.3 is 28.9 Å². The topological polar surface area (TPSA) is 123 Å². The molecule has 15 heteroatoms. The van der Waals surface area contributed by atoms with Crippen LogP contribution in [0.4, 0.5) is 23.8 Å². The molecule has 0 unspecified atom stereocenters. The first-order chi connectivity index (χ1) is 23.2. The van der Waals surface area contributed by atoms with Gasteiger partial charge in [0.15, 0.2) is 5.82 Å². The zero-order chi connectivity index (χ0) is 35.1. The first-order valence-electron chi connectivity index (χ1n) is 16.3. The largest absolute Gasteiger partial charge is 0.490 e. The van der Waals surface area contributed by atoms with E-state index in [9.17, 15) is 22.8 Å². The van der Waals surface area contributed by atoms with E-state index in [0.29, 0.717) is 38.4 Å². The Morgan fingerprint density at radius 3 is 2.55 bits per heavy atom. The van der Waals surface area contributed by atoms with Crippen LogP contribution in [0.3, 0.4) is 0 Å². The van der Waals surface area contributed by atoms with Gasteiger partial charge in [-0.15, -0.1) is 10.2 Å². The Morgan fingerprint density at radius 2 is 1.86 bits per heavy atom. The minimum atomic E-state index is -2.76. The Morgan fingerprint density at radius 1 is 1.10 bits per heavy atom. The molecule has 2 fully saturated rings. The molecule has 0 bridgehead atoms. The number of aromatic nitrogens is 4. The summed E-state index contributed by atoms with van der Waals surface area (Å²) in [5.41, 5.74) is 1.01. The molecule has 1 aliphatic carbocycles. The Balaban J connectivity index is 1.10. The molecule has 3 aromatic rings. The Kier molecular flexibility index (Phi) is 9.29. The molecule has 2 aromatic heterocycles. The van der Waals surface area contributed by atoms with E-state index in [1.54, 1.807) is 24.9 Å². The average molecular weight is 684 g/mol. The molecule has 0 atom stereocenters.